The lowest BCUT2D eigenvalue weighted by molar-refractivity contribution is -0.121. The largest absolute Gasteiger partial charge is 0.350 e. The first-order valence-corrected chi connectivity index (χ1v) is 8.41. The highest BCUT2D eigenvalue weighted by atomic mass is 35.5. The summed E-state index contributed by atoms with van der Waals surface area (Å²) in [6, 6.07) is 9.72. The quantitative estimate of drug-likeness (QED) is 0.858. The minimum absolute atomic E-state index is 0.115. The highest BCUT2D eigenvalue weighted by molar-refractivity contribution is 6.33. The number of rotatable bonds is 5. The molecule has 0 aliphatic rings. The lowest BCUT2D eigenvalue weighted by Crippen LogP contribution is -2.45. The van der Waals surface area contributed by atoms with Crippen molar-refractivity contribution in [2.75, 3.05) is 6.54 Å². The molecule has 0 saturated heterocycles. The summed E-state index contributed by atoms with van der Waals surface area (Å²) < 4.78 is 1.58. The number of carbonyl (C=O) groups is 2. The fourth-order valence-electron chi connectivity index (χ4n) is 2.38. The molecule has 1 aromatic heterocycles. The van der Waals surface area contributed by atoms with Gasteiger partial charge in [-0.2, -0.15) is 5.10 Å². The Morgan fingerprint density at radius 2 is 1.84 bits per heavy atom. The van der Waals surface area contributed by atoms with Crippen molar-refractivity contribution in [1.29, 1.82) is 0 Å². The highest BCUT2D eigenvalue weighted by Crippen LogP contribution is 2.20. The van der Waals surface area contributed by atoms with Gasteiger partial charge in [-0.25, -0.2) is 4.68 Å². The Balaban J connectivity index is 2.06. The molecule has 0 aliphatic carbocycles. The monoisotopic (exact) mass is 362 g/mol. The molecule has 1 aromatic carbocycles. The Morgan fingerprint density at radius 3 is 2.44 bits per heavy atom. The summed E-state index contributed by atoms with van der Waals surface area (Å²) in [5.74, 6) is -0.669. The number of benzene rings is 1. The molecule has 0 atom stereocenters. The van der Waals surface area contributed by atoms with Crippen molar-refractivity contribution in [2.45, 2.75) is 39.8 Å². The van der Waals surface area contributed by atoms with Gasteiger partial charge in [-0.15, -0.1) is 0 Å². The summed E-state index contributed by atoms with van der Waals surface area (Å²) in [5.41, 5.74) is 1.50. The van der Waals surface area contributed by atoms with Gasteiger partial charge < -0.3 is 10.6 Å². The number of nitrogens with zero attached hydrogens (tertiary/aromatic N) is 2. The van der Waals surface area contributed by atoms with Crippen LogP contribution in [0.4, 0.5) is 0 Å². The molecule has 0 unspecified atom stereocenters. The molecule has 2 N–H and O–H groups in total. The normalized spacial score (nSPS) is 11.2. The number of aryl methyl sites for hydroxylation is 1. The second-order valence-electron chi connectivity index (χ2n) is 6.88. The maximum absolute atomic E-state index is 12.4. The van der Waals surface area contributed by atoms with Crippen LogP contribution in [0.2, 0.25) is 5.15 Å². The second kappa shape index (κ2) is 7.70. The molecule has 0 saturated carbocycles. The van der Waals surface area contributed by atoms with Crippen molar-refractivity contribution in [1.82, 2.24) is 20.4 Å². The molecule has 0 aliphatic heterocycles. The first-order chi connectivity index (χ1) is 11.7. The molecule has 134 valence electrons. The van der Waals surface area contributed by atoms with Gasteiger partial charge in [0.2, 0.25) is 5.91 Å². The smallest absolute Gasteiger partial charge is 0.256 e. The number of aromatic nitrogens is 2. The van der Waals surface area contributed by atoms with Gasteiger partial charge in [-0.05, 0) is 33.3 Å². The van der Waals surface area contributed by atoms with Crippen LogP contribution in [0.25, 0.3) is 0 Å². The van der Waals surface area contributed by atoms with Gasteiger partial charge in [-0.3, -0.25) is 9.59 Å². The average molecular weight is 363 g/mol. The third-order valence-electron chi connectivity index (χ3n) is 3.39. The molecular weight excluding hydrogens is 340 g/mol. The molecule has 25 heavy (non-hydrogen) atoms. The maximum atomic E-state index is 12.4. The zero-order valence-electron chi connectivity index (χ0n) is 14.9. The van der Waals surface area contributed by atoms with Crippen LogP contribution in [0, 0.1) is 6.92 Å². The maximum Gasteiger partial charge on any atom is 0.256 e. The number of carbonyl (C=O) groups excluding carboxylic acids is 2. The number of hydrogen-bond donors (Lipinski definition) is 2. The summed E-state index contributed by atoms with van der Waals surface area (Å²) in [5, 5.41) is 9.97. The SMILES string of the molecule is Cc1nn(Cc2ccccc2)c(Cl)c1C(=O)NCC(=O)NC(C)(C)C. The Labute approximate surface area is 152 Å². The third-order valence-corrected chi connectivity index (χ3v) is 3.78. The van der Waals surface area contributed by atoms with Crippen molar-refractivity contribution < 1.29 is 9.59 Å². The fraction of sp³-hybridized carbons (Fsp3) is 0.389. The number of nitrogens with one attached hydrogen (secondary N) is 2. The minimum atomic E-state index is -0.411. The van der Waals surface area contributed by atoms with Gasteiger partial charge in [-0.1, -0.05) is 41.9 Å². The van der Waals surface area contributed by atoms with Crippen molar-refractivity contribution in [3.63, 3.8) is 0 Å². The van der Waals surface area contributed by atoms with E-state index in [0.29, 0.717) is 17.8 Å². The van der Waals surface area contributed by atoms with Crippen LogP contribution >= 0.6 is 11.6 Å². The lowest BCUT2D eigenvalue weighted by Gasteiger charge is -2.20. The summed E-state index contributed by atoms with van der Waals surface area (Å²) >= 11 is 6.34. The summed E-state index contributed by atoms with van der Waals surface area (Å²) in [4.78, 5) is 24.2. The van der Waals surface area contributed by atoms with E-state index in [1.54, 1.807) is 11.6 Å². The average Bonchev–Trinajstić information content (AvgIpc) is 2.78. The number of amides is 2. The first-order valence-electron chi connectivity index (χ1n) is 8.03. The van der Waals surface area contributed by atoms with E-state index < -0.39 is 5.91 Å². The molecule has 0 spiro atoms. The molecule has 6 nitrogen and oxygen atoms in total. The molecule has 1 heterocycles. The van der Waals surface area contributed by atoms with E-state index in [1.165, 1.54) is 0 Å². The van der Waals surface area contributed by atoms with Crippen LogP contribution in [0.3, 0.4) is 0 Å². The van der Waals surface area contributed by atoms with E-state index in [4.69, 9.17) is 11.6 Å². The van der Waals surface area contributed by atoms with Crippen LogP contribution in [-0.2, 0) is 11.3 Å². The van der Waals surface area contributed by atoms with Crippen molar-refractivity contribution in [3.8, 4) is 0 Å². The van der Waals surface area contributed by atoms with Crippen LogP contribution in [0.5, 0.6) is 0 Å². The standard InChI is InChI=1S/C18H23ClN4O2/c1-12-15(17(25)20-10-14(24)21-18(2,3)4)16(19)23(22-12)11-13-8-6-5-7-9-13/h5-9H,10-11H2,1-4H3,(H,20,25)(H,21,24). The van der Waals surface area contributed by atoms with Crippen molar-refractivity contribution in [2.24, 2.45) is 0 Å². The van der Waals surface area contributed by atoms with Gasteiger partial charge in [0.15, 0.2) is 0 Å². The van der Waals surface area contributed by atoms with Crippen molar-refractivity contribution in [3.05, 3.63) is 52.3 Å². The third kappa shape index (κ3) is 5.32. The Morgan fingerprint density at radius 1 is 1.20 bits per heavy atom. The van der Waals surface area contributed by atoms with E-state index in [-0.39, 0.29) is 23.1 Å². The van der Waals surface area contributed by atoms with Gasteiger partial charge in [0.05, 0.1) is 24.3 Å². The van der Waals surface area contributed by atoms with Crippen molar-refractivity contribution >= 4 is 23.4 Å². The second-order valence-corrected chi connectivity index (χ2v) is 7.23. The molecule has 0 radical (unpaired) electrons. The minimum Gasteiger partial charge on any atom is -0.350 e. The first kappa shape index (κ1) is 19.0. The highest BCUT2D eigenvalue weighted by Gasteiger charge is 2.21. The molecule has 0 bridgehead atoms. The van der Waals surface area contributed by atoms with E-state index in [2.05, 4.69) is 15.7 Å². The fourth-order valence-corrected chi connectivity index (χ4v) is 2.70. The molecule has 2 amide bonds. The number of halogens is 1. The Bertz CT molecular complexity index is 763. The number of hydrogen-bond acceptors (Lipinski definition) is 3. The van der Waals surface area contributed by atoms with Crippen LogP contribution in [0.1, 0.15) is 42.4 Å². The zero-order chi connectivity index (χ0) is 18.6. The van der Waals surface area contributed by atoms with Gasteiger partial charge in [0.25, 0.3) is 5.91 Å². The topological polar surface area (TPSA) is 76.0 Å². The van der Waals surface area contributed by atoms with E-state index >= 15 is 0 Å². The Hall–Kier alpha value is -2.34. The molecule has 0 fully saturated rings. The predicted molar refractivity (Wildman–Crippen MR) is 97.7 cm³/mol. The summed E-state index contributed by atoms with van der Waals surface area (Å²) in [6.45, 7) is 7.70. The van der Waals surface area contributed by atoms with E-state index in [0.717, 1.165) is 5.56 Å². The van der Waals surface area contributed by atoms with Gasteiger partial charge in [0, 0.05) is 5.54 Å². The molecule has 2 rings (SSSR count). The zero-order valence-corrected chi connectivity index (χ0v) is 15.6. The summed E-state index contributed by atoms with van der Waals surface area (Å²) in [7, 11) is 0. The molecule has 2 aromatic rings. The van der Waals surface area contributed by atoms with Gasteiger partial charge >= 0.3 is 0 Å². The summed E-state index contributed by atoms with van der Waals surface area (Å²) in [6.07, 6.45) is 0. The predicted octanol–water partition coefficient (Wildman–Crippen LogP) is 2.54. The lowest BCUT2D eigenvalue weighted by atomic mass is 10.1. The Kier molecular flexibility index (Phi) is 5.85. The van der Waals surface area contributed by atoms with Crippen LogP contribution in [0.15, 0.2) is 30.3 Å². The van der Waals surface area contributed by atoms with E-state index in [9.17, 15) is 9.59 Å². The van der Waals surface area contributed by atoms with Crippen LogP contribution in [-0.4, -0.2) is 33.7 Å². The molecule has 7 heteroatoms. The van der Waals surface area contributed by atoms with Crippen LogP contribution < -0.4 is 10.6 Å². The van der Waals surface area contributed by atoms with E-state index in [1.807, 2.05) is 51.1 Å². The van der Waals surface area contributed by atoms with Gasteiger partial charge in [0.1, 0.15) is 5.15 Å². The molecular formula is C18H23ClN4O2.